The number of nitrogens with zero attached hydrogens (tertiary/aromatic N) is 2. The summed E-state index contributed by atoms with van der Waals surface area (Å²) in [6.07, 6.45) is 0. The van der Waals surface area contributed by atoms with Gasteiger partial charge in [-0.15, -0.1) is 0 Å². The number of rotatable bonds is 3. The van der Waals surface area contributed by atoms with Crippen molar-refractivity contribution in [2.45, 2.75) is 13.5 Å². The summed E-state index contributed by atoms with van der Waals surface area (Å²) >= 11 is 0. The van der Waals surface area contributed by atoms with Crippen LogP contribution in [0.25, 0.3) is 0 Å². The Hall–Kier alpha value is -2.30. The first-order chi connectivity index (χ1) is 8.65. The number of aryl methyl sites for hydroxylation is 1. The lowest BCUT2D eigenvalue weighted by Gasteiger charge is -2.04. The molecule has 2 aromatic rings. The molecule has 92 valence electrons. The summed E-state index contributed by atoms with van der Waals surface area (Å²) in [5, 5.41) is 10.5. The van der Waals surface area contributed by atoms with E-state index in [9.17, 15) is 9.18 Å². The lowest BCUT2D eigenvalue weighted by atomic mass is 10.2. The summed E-state index contributed by atoms with van der Waals surface area (Å²) < 4.78 is 12.7. The zero-order chi connectivity index (χ0) is 13.0. The molecule has 0 aliphatic heterocycles. The number of halogens is 1. The second kappa shape index (κ2) is 5.35. The van der Waals surface area contributed by atoms with Gasteiger partial charge in [0.15, 0.2) is 0 Å². The summed E-state index contributed by atoms with van der Waals surface area (Å²) in [5.74, 6) is -0.631. The maximum Gasteiger partial charge on any atom is 0.251 e. The van der Waals surface area contributed by atoms with Crippen LogP contribution in [0.1, 0.15) is 21.7 Å². The van der Waals surface area contributed by atoms with E-state index in [0.29, 0.717) is 17.8 Å². The molecule has 18 heavy (non-hydrogen) atoms. The highest BCUT2D eigenvalue weighted by atomic mass is 19.1. The van der Waals surface area contributed by atoms with Crippen molar-refractivity contribution < 1.29 is 9.18 Å². The molecule has 0 radical (unpaired) electrons. The van der Waals surface area contributed by atoms with Gasteiger partial charge in [0.05, 0.1) is 17.9 Å². The summed E-state index contributed by atoms with van der Waals surface area (Å²) in [4.78, 5) is 11.7. The predicted molar refractivity (Wildman–Crippen MR) is 64.3 cm³/mol. The van der Waals surface area contributed by atoms with Gasteiger partial charge in [-0.1, -0.05) is 0 Å². The van der Waals surface area contributed by atoms with Crippen LogP contribution >= 0.6 is 0 Å². The van der Waals surface area contributed by atoms with E-state index in [4.69, 9.17) is 0 Å². The fourth-order valence-electron chi connectivity index (χ4n) is 1.39. The molecule has 1 aromatic carbocycles. The van der Waals surface area contributed by atoms with Gasteiger partial charge in [-0.25, -0.2) is 4.39 Å². The molecule has 0 bridgehead atoms. The molecule has 0 saturated heterocycles. The molecule has 5 heteroatoms. The van der Waals surface area contributed by atoms with Crippen LogP contribution in [0.15, 0.2) is 36.4 Å². The highest BCUT2D eigenvalue weighted by Gasteiger charge is 2.05. The molecule has 1 heterocycles. The lowest BCUT2D eigenvalue weighted by molar-refractivity contribution is 0.0950. The molecule has 0 atom stereocenters. The van der Waals surface area contributed by atoms with E-state index >= 15 is 0 Å². The second-order valence-electron chi connectivity index (χ2n) is 3.86. The Kier molecular flexibility index (Phi) is 3.62. The summed E-state index contributed by atoms with van der Waals surface area (Å²) in [5.41, 5.74) is 1.91. The van der Waals surface area contributed by atoms with Crippen molar-refractivity contribution in [3.05, 3.63) is 59.2 Å². The minimum Gasteiger partial charge on any atom is -0.346 e. The van der Waals surface area contributed by atoms with Gasteiger partial charge in [-0.05, 0) is 43.3 Å². The third kappa shape index (κ3) is 3.10. The highest BCUT2D eigenvalue weighted by Crippen LogP contribution is 2.03. The monoisotopic (exact) mass is 245 g/mol. The summed E-state index contributed by atoms with van der Waals surface area (Å²) in [7, 11) is 0. The van der Waals surface area contributed by atoms with Crippen LogP contribution < -0.4 is 5.32 Å². The number of hydrogen-bond donors (Lipinski definition) is 1. The molecule has 4 nitrogen and oxygen atoms in total. The fraction of sp³-hybridized carbons (Fsp3) is 0.154. The van der Waals surface area contributed by atoms with E-state index in [-0.39, 0.29) is 11.7 Å². The number of nitrogens with one attached hydrogen (secondary N) is 1. The number of benzene rings is 1. The molecule has 0 aliphatic rings. The largest absolute Gasteiger partial charge is 0.346 e. The van der Waals surface area contributed by atoms with Gasteiger partial charge in [0.25, 0.3) is 5.91 Å². The maximum atomic E-state index is 12.7. The van der Waals surface area contributed by atoms with Gasteiger partial charge in [0, 0.05) is 5.56 Å². The molecule has 0 spiro atoms. The van der Waals surface area contributed by atoms with E-state index in [1.54, 1.807) is 6.07 Å². The Morgan fingerprint density at radius 3 is 2.50 bits per heavy atom. The quantitative estimate of drug-likeness (QED) is 0.897. The van der Waals surface area contributed by atoms with E-state index in [1.807, 2.05) is 13.0 Å². The summed E-state index contributed by atoms with van der Waals surface area (Å²) in [6.45, 7) is 2.14. The number of amides is 1. The fourth-order valence-corrected chi connectivity index (χ4v) is 1.39. The Bertz CT molecular complexity index is 537. The molecule has 0 aliphatic carbocycles. The van der Waals surface area contributed by atoms with Crippen LogP contribution in [0.3, 0.4) is 0 Å². The molecule has 0 saturated carbocycles. The van der Waals surface area contributed by atoms with E-state index in [2.05, 4.69) is 15.5 Å². The minimum atomic E-state index is -0.365. The Morgan fingerprint density at radius 1 is 1.17 bits per heavy atom. The van der Waals surface area contributed by atoms with Crippen LogP contribution in [0.2, 0.25) is 0 Å². The highest BCUT2D eigenvalue weighted by molar-refractivity contribution is 5.94. The molecule has 1 amide bonds. The first kappa shape index (κ1) is 12.2. The number of hydrogen-bond acceptors (Lipinski definition) is 3. The number of aromatic nitrogens is 2. The Balaban J connectivity index is 1.96. The molecule has 2 rings (SSSR count). The van der Waals surface area contributed by atoms with Crippen molar-refractivity contribution >= 4 is 5.91 Å². The predicted octanol–water partition coefficient (Wildman–Crippen LogP) is 1.85. The van der Waals surface area contributed by atoms with Gasteiger partial charge in [-0.3, -0.25) is 4.79 Å². The third-order valence-electron chi connectivity index (χ3n) is 2.39. The molecular weight excluding hydrogens is 233 g/mol. The van der Waals surface area contributed by atoms with Crippen molar-refractivity contribution in [3.63, 3.8) is 0 Å². The van der Waals surface area contributed by atoms with Gasteiger partial charge >= 0.3 is 0 Å². The zero-order valence-electron chi connectivity index (χ0n) is 9.85. The van der Waals surface area contributed by atoms with Crippen LogP contribution in [0.4, 0.5) is 4.39 Å². The van der Waals surface area contributed by atoms with Gasteiger partial charge in [0.2, 0.25) is 0 Å². The van der Waals surface area contributed by atoms with Crippen LogP contribution in [-0.2, 0) is 6.54 Å². The normalized spacial score (nSPS) is 10.1. The minimum absolute atomic E-state index is 0.266. The molecule has 1 aromatic heterocycles. The topological polar surface area (TPSA) is 54.9 Å². The van der Waals surface area contributed by atoms with Gasteiger partial charge in [-0.2, -0.15) is 10.2 Å². The summed E-state index contributed by atoms with van der Waals surface area (Å²) in [6, 6.07) is 9.00. The van der Waals surface area contributed by atoms with Gasteiger partial charge in [0.1, 0.15) is 5.82 Å². The first-order valence-electron chi connectivity index (χ1n) is 5.48. The van der Waals surface area contributed by atoms with Crippen LogP contribution in [-0.4, -0.2) is 16.1 Å². The Morgan fingerprint density at radius 2 is 1.89 bits per heavy atom. The molecule has 0 unspecified atom stereocenters. The molecule has 0 fully saturated rings. The Labute approximate surface area is 104 Å². The van der Waals surface area contributed by atoms with E-state index < -0.39 is 0 Å². The van der Waals surface area contributed by atoms with E-state index in [1.165, 1.54) is 24.3 Å². The average molecular weight is 245 g/mol. The lowest BCUT2D eigenvalue weighted by Crippen LogP contribution is -2.23. The second-order valence-corrected chi connectivity index (χ2v) is 3.86. The van der Waals surface area contributed by atoms with Crippen LogP contribution in [0.5, 0.6) is 0 Å². The molecular formula is C13H12FN3O. The molecule has 1 N–H and O–H groups in total. The number of carbonyl (C=O) groups excluding carboxylic acids is 1. The maximum absolute atomic E-state index is 12.7. The number of carbonyl (C=O) groups is 1. The van der Waals surface area contributed by atoms with Crippen molar-refractivity contribution in [2.24, 2.45) is 0 Å². The SMILES string of the molecule is Cc1ccc(CNC(=O)c2ccc(F)cc2)nn1. The van der Waals surface area contributed by atoms with Crippen molar-refractivity contribution in [2.75, 3.05) is 0 Å². The van der Waals surface area contributed by atoms with Crippen molar-refractivity contribution in [3.8, 4) is 0 Å². The van der Waals surface area contributed by atoms with Gasteiger partial charge < -0.3 is 5.32 Å². The van der Waals surface area contributed by atoms with Crippen molar-refractivity contribution in [1.82, 2.24) is 15.5 Å². The van der Waals surface area contributed by atoms with E-state index in [0.717, 1.165) is 5.69 Å². The average Bonchev–Trinajstić information content (AvgIpc) is 2.38. The van der Waals surface area contributed by atoms with Crippen molar-refractivity contribution in [1.29, 1.82) is 0 Å². The van der Waals surface area contributed by atoms with Crippen LogP contribution in [0, 0.1) is 12.7 Å². The first-order valence-corrected chi connectivity index (χ1v) is 5.48. The zero-order valence-corrected chi connectivity index (χ0v) is 9.85. The smallest absolute Gasteiger partial charge is 0.251 e. The third-order valence-corrected chi connectivity index (χ3v) is 2.39. The standard InChI is InChI=1S/C13H12FN3O/c1-9-2-7-12(17-16-9)8-15-13(18)10-3-5-11(14)6-4-10/h2-7H,8H2,1H3,(H,15,18).